The summed E-state index contributed by atoms with van der Waals surface area (Å²) in [6, 6.07) is 6.59. The van der Waals surface area contributed by atoms with Crippen molar-refractivity contribution in [2.45, 2.75) is 57.6 Å². The number of aryl methyl sites for hydroxylation is 1. The van der Waals surface area contributed by atoms with E-state index in [1.807, 2.05) is 0 Å². The lowest BCUT2D eigenvalue weighted by molar-refractivity contribution is 0.00231. The van der Waals surface area contributed by atoms with Gasteiger partial charge in [0.15, 0.2) is 0 Å². The summed E-state index contributed by atoms with van der Waals surface area (Å²) in [7, 11) is 0. The number of rotatable bonds is 5. The highest BCUT2D eigenvalue weighted by molar-refractivity contribution is 5.43. The lowest BCUT2D eigenvalue weighted by Gasteiger charge is -2.37. The van der Waals surface area contributed by atoms with Gasteiger partial charge in [0.1, 0.15) is 18.5 Å². The molecule has 3 heteroatoms. The molecule has 0 radical (unpaired) electrons. The van der Waals surface area contributed by atoms with Crippen LogP contribution in [0.25, 0.3) is 0 Å². The first-order valence-electron chi connectivity index (χ1n) is 8.45. The summed E-state index contributed by atoms with van der Waals surface area (Å²) < 4.78 is 5.98. The minimum atomic E-state index is -0.387. The Labute approximate surface area is 127 Å². The largest absolute Gasteiger partial charge is 0.491 e. The molecule has 116 valence electrons. The monoisotopic (exact) mass is 289 g/mol. The van der Waals surface area contributed by atoms with Crippen LogP contribution in [0.3, 0.4) is 0 Å². The van der Waals surface area contributed by atoms with Crippen molar-refractivity contribution in [3.8, 4) is 5.75 Å². The molecule has 2 unspecified atom stereocenters. The molecule has 0 saturated carbocycles. The van der Waals surface area contributed by atoms with Gasteiger partial charge in [-0.1, -0.05) is 25.5 Å². The van der Waals surface area contributed by atoms with Crippen LogP contribution in [-0.4, -0.2) is 41.8 Å². The SMILES string of the molecule is CCN1CCCCC1C(O)COc1cccc2c1CCC2. The third-order valence-corrected chi connectivity index (χ3v) is 5.03. The number of nitrogens with zero attached hydrogens (tertiary/aromatic N) is 1. The summed E-state index contributed by atoms with van der Waals surface area (Å²) in [6.07, 6.45) is 6.69. The maximum Gasteiger partial charge on any atom is 0.122 e. The molecular formula is C18H27NO2. The van der Waals surface area contributed by atoms with Gasteiger partial charge in [-0.05, 0) is 62.4 Å². The lowest BCUT2D eigenvalue weighted by Crippen LogP contribution is -2.48. The van der Waals surface area contributed by atoms with Crippen molar-refractivity contribution >= 4 is 0 Å². The molecule has 1 heterocycles. The Hall–Kier alpha value is -1.06. The van der Waals surface area contributed by atoms with Crippen molar-refractivity contribution in [3.63, 3.8) is 0 Å². The van der Waals surface area contributed by atoms with Gasteiger partial charge in [0.05, 0.1) is 0 Å². The molecule has 21 heavy (non-hydrogen) atoms. The fourth-order valence-corrected chi connectivity index (χ4v) is 3.85. The highest BCUT2D eigenvalue weighted by atomic mass is 16.5. The molecule has 1 N–H and O–H groups in total. The van der Waals surface area contributed by atoms with Crippen LogP contribution in [0.5, 0.6) is 5.75 Å². The van der Waals surface area contributed by atoms with E-state index in [1.165, 1.54) is 36.8 Å². The molecule has 3 rings (SSSR count). The van der Waals surface area contributed by atoms with Gasteiger partial charge in [-0.25, -0.2) is 0 Å². The normalized spacial score (nSPS) is 23.8. The second kappa shape index (κ2) is 6.80. The van der Waals surface area contributed by atoms with Crippen LogP contribution >= 0.6 is 0 Å². The minimum Gasteiger partial charge on any atom is -0.491 e. The lowest BCUT2D eigenvalue weighted by atomic mass is 9.97. The Balaban J connectivity index is 1.61. The number of fused-ring (bicyclic) bond motifs is 1. The smallest absolute Gasteiger partial charge is 0.122 e. The van der Waals surface area contributed by atoms with Crippen molar-refractivity contribution in [1.29, 1.82) is 0 Å². The van der Waals surface area contributed by atoms with Crippen LogP contribution in [0.4, 0.5) is 0 Å². The van der Waals surface area contributed by atoms with Gasteiger partial charge in [-0.15, -0.1) is 0 Å². The number of aliphatic hydroxyl groups excluding tert-OH is 1. The fourth-order valence-electron chi connectivity index (χ4n) is 3.85. The van der Waals surface area contributed by atoms with E-state index in [2.05, 4.69) is 30.0 Å². The Bertz CT molecular complexity index is 474. The molecule has 0 bridgehead atoms. The molecule has 3 nitrogen and oxygen atoms in total. The predicted octanol–water partition coefficient (Wildman–Crippen LogP) is 2.79. The zero-order valence-electron chi connectivity index (χ0n) is 13.1. The van der Waals surface area contributed by atoms with E-state index in [1.54, 1.807) is 0 Å². The number of likely N-dealkylation sites (N-methyl/N-ethyl adjacent to an activating group) is 1. The molecule has 1 aliphatic heterocycles. The Morgan fingerprint density at radius 3 is 3.05 bits per heavy atom. The second-order valence-electron chi connectivity index (χ2n) is 6.32. The van der Waals surface area contributed by atoms with E-state index in [0.717, 1.165) is 31.7 Å². The number of piperidine rings is 1. The van der Waals surface area contributed by atoms with Crippen LogP contribution in [0.1, 0.15) is 43.7 Å². The quantitative estimate of drug-likeness (QED) is 0.905. The average Bonchev–Trinajstić information content (AvgIpc) is 3.01. The highest BCUT2D eigenvalue weighted by Crippen LogP contribution is 2.30. The summed E-state index contributed by atoms with van der Waals surface area (Å²) in [4.78, 5) is 2.40. The van der Waals surface area contributed by atoms with Crippen LogP contribution < -0.4 is 4.74 Å². The van der Waals surface area contributed by atoms with Crippen LogP contribution in [-0.2, 0) is 12.8 Å². The fraction of sp³-hybridized carbons (Fsp3) is 0.667. The van der Waals surface area contributed by atoms with Gasteiger partial charge < -0.3 is 9.84 Å². The number of hydrogen-bond acceptors (Lipinski definition) is 3. The van der Waals surface area contributed by atoms with Gasteiger partial charge in [0, 0.05) is 6.04 Å². The molecule has 1 saturated heterocycles. The van der Waals surface area contributed by atoms with E-state index in [9.17, 15) is 5.11 Å². The molecule has 2 atom stereocenters. The summed E-state index contributed by atoms with van der Waals surface area (Å²) in [6.45, 7) is 4.72. The van der Waals surface area contributed by atoms with Gasteiger partial charge in [-0.2, -0.15) is 0 Å². The summed E-state index contributed by atoms with van der Waals surface area (Å²) in [5.41, 5.74) is 2.79. The standard InChI is InChI=1S/C18H27NO2/c1-2-19-12-4-3-10-16(19)17(20)13-21-18-11-6-8-14-7-5-9-15(14)18/h6,8,11,16-17,20H,2-5,7,9-10,12-13H2,1H3. The third-order valence-electron chi connectivity index (χ3n) is 5.03. The van der Waals surface area contributed by atoms with Gasteiger partial charge in [0.2, 0.25) is 0 Å². The number of aliphatic hydroxyl groups is 1. The zero-order chi connectivity index (χ0) is 14.7. The number of ether oxygens (including phenoxy) is 1. The van der Waals surface area contributed by atoms with Crippen molar-refractivity contribution in [2.75, 3.05) is 19.7 Å². The van der Waals surface area contributed by atoms with E-state index >= 15 is 0 Å². The minimum absolute atomic E-state index is 0.264. The van der Waals surface area contributed by atoms with E-state index in [0.29, 0.717) is 6.61 Å². The molecular weight excluding hydrogens is 262 g/mol. The first-order valence-corrected chi connectivity index (χ1v) is 8.45. The van der Waals surface area contributed by atoms with Gasteiger partial charge >= 0.3 is 0 Å². The first-order chi connectivity index (χ1) is 10.3. The van der Waals surface area contributed by atoms with Crippen molar-refractivity contribution in [2.24, 2.45) is 0 Å². The Kier molecular flexibility index (Phi) is 4.81. The van der Waals surface area contributed by atoms with E-state index < -0.39 is 0 Å². The highest BCUT2D eigenvalue weighted by Gasteiger charge is 2.28. The zero-order valence-corrected chi connectivity index (χ0v) is 13.1. The van der Waals surface area contributed by atoms with Crippen molar-refractivity contribution in [3.05, 3.63) is 29.3 Å². The maximum absolute atomic E-state index is 10.5. The van der Waals surface area contributed by atoms with E-state index in [4.69, 9.17) is 4.74 Å². The van der Waals surface area contributed by atoms with Gasteiger partial charge in [0.25, 0.3) is 0 Å². The molecule has 0 amide bonds. The topological polar surface area (TPSA) is 32.7 Å². The summed E-state index contributed by atoms with van der Waals surface area (Å²) in [5, 5.41) is 10.5. The predicted molar refractivity (Wildman–Crippen MR) is 84.9 cm³/mol. The third kappa shape index (κ3) is 3.24. The molecule has 1 aliphatic carbocycles. The van der Waals surface area contributed by atoms with Crippen molar-refractivity contribution in [1.82, 2.24) is 4.90 Å². The first kappa shape index (κ1) is 14.9. The average molecular weight is 289 g/mol. The van der Waals surface area contributed by atoms with Gasteiger partial charge in [-0.3, -0.25) is 4.90 Å². The number of likely N-dealkylation sites (tertiary alicyclic amines) is 1. The number of hydrogen-bond donors (Lipinski definition) is 1. The van der Waals surface area contributed by atoms with Crippen molar-refractivity contribution < 1.29 is 9.84 Å². The molecule has 2 aliphatic rings. The second-order valence-corrected chi connectivity index (χ2v) is 6.32. The maximum atomic E-state index is 10.5. The molecule has 0 spiro atoms. The molecule has 1 aromatic rings. The Morgan fingerprint density at radius 2 is 2.19 bits per heavy atom. The van der Waals surface area contributed by atoms with Crippen LogP contribution in [0.15, 0.2) is 18.2 Å². The van der Waals surface area contributed by atoms with Crippen LogP contribution in [0, 0.1) is 0 Å². The molecule has 1 aromatic carbocycles. The molecule has 0 aromatic heterocycles. The number of benzene rings is 1. The van der Waals surface area contributed by atoms with Crippen LogP contribution in [0.2, 0.25) is 0 Å². The summed E-state index contributed by atoms with van der Waals surface area (Å²) >= 11 is 0. The Morgan fingerprint density at radius 1 is 1.29 bits per heavy atom. The summed E-state index contributed by atoms with van der Waals surface area (Å²) in [5.74, 6) is 0.989. The molecule has 1 fully saturated rings. The van der Waals surface area contributed by atoms with E-state index in [-0.39, 0.29) is 12.1 Å².